The SMILES string of the molecule is CC(C)(C)OC(=O)NCCCCCCN1C(=O)SC(=Cc2ccc(F)cc2)C1=O. The molecule has 0 atom stereocenters. The molecule has 2 rings (SSSR count). The molecule has 1 N–H and O–H groups in total. The number of halogens is 1. The van der Waals surface area contributed by atoms with E-state index in [-0.39, 0.29) is 17.0 Å². The second-order valence-corrected chi connectivity index (χ2v) is 8.72. The fourth-order valence-corrected chi connectivity index (χ4v) is 3.52. The molecular weight excluding hydrogens is 395 g/mol. The molecule has 1 heterocycles. The molecule has 3 amide bonds. The number of rotatable bonds is 8. The molecule has 1 aliphatic rings. The lowest BCUT2D eigenvalue weighted by atomic mass is 10.2. The van der Waals surface area contributed by atoms with E-state index in [0.29, 0.717) is 30.0 Å². The summed E-state index contributed by atoms with van der Waals surface area (Å²) in [5.74, 6) is -0.660. The van der Waals surface area contributed by atoms with Crippen LogP contribution in [0.4, 0.5) is 14.0 Å². The summed E-state index contributed by atoms with van der Waals surface area (Å²) < 4.78 is 18.1. The average molecular weight is 423 g/mol. The Kier molecular flexibility index (Phi) is 8.25. The van der Waals surface area contributed by atoms with Crippen LogP contribution in [0.1, 0.15) is 52.0 Å². The summed E-state index contributed by atoms with van der Waals surface area (Å²) in [6, 6.07) is 5.75. The molecule has 1 aromatic carbocycles. The Labute approximate surface area is 174 Å². The third kappa shape index (κ3) is 7.89. The topological polar surface area (TPSA) is 75.7 Å². The van der Waals surface area contributed by atoms with Crippen LogP contribution in [0.25, 0.3) is 6.08 Å². The van der Waals surface area contributed by atoms with Gasteiger partial charge >= 0.3 is 6.09 Å². The molecule has 8 heteroatoms. The first kappa shape index (κ1) is 22.9. The molecule has 0 unspecified atom stereocenters. The van der Waals surface area contributed by atoms with E-state index in [4.69, 9.17) is 4.74 Å². The third-order valence-corrected chi connectivity index (χ3v) is 4.93. The molecule has 29 heavy (non-hydrogen) atoms. The van der Waals surface area contributed by atoms with Gasteiger partial charge in [0.05, 0.1) is 4.91 Å². The summed E-state index contributed by atoms with van der Waals surface area (Å²) >= 11 is 0.904. The van der Waals surface area contributed by atoms with Gasteiger partial charge in [-0.25, -0.2) is 9.18 Å². The van der Waals surface area contributed by atoms with Crippen molar-refractivity contribution in [3.05, 3.63) is 40.6 Å². The molecular formula is C21H27FN2O4S. The average Bonchev–Trinajstić information content (AvgIpc) is 2.88. The molecule has 1 aromatic rings. The van der Waals surface area contributed by atoms with Crippen LogP contribution in [-0.2, 0) is 9.53 Å². The molecule has 1 fully saturated rings. The summed E-state index contributed by atoms with van der Waals surface area (Å²) in [5, 5.41) is 2.42. The Morgan fingerprint density at radius 2 is 1.79 bits per heavy atom. The van der Waals surface area contributed by atoms with Gasteiger partial charge < -0.3 is 10.1 Å². The van der Waals surface area contributed by atoms with Crippen molar-refractivity contribution in [3.8, 4) is 0 Å². The van der Waals surface area contributed by atoms with Crippen LogP contribution in [0.3, 0.4) is 0 Å². The predicted molar refractivity (Wildman–Crippen MR) is 112 cm³/mol. The van der Waals surface area contributed by atoms with Crippen LogP contribution in [0.5, 0.6) is 0 Å². The number of ether oxygens (including phenoxy) is 1. The van der Waals surface area contributed by atoms with Gasteiger partial charge in [0.2, 0.25) is 0 Å². The minimum absolute atomic E-state index is 0.282. The Hall–Kier alpha value is -2.35. The number of nitrogens with one attached hydrogen (secondary N) is 1. The molecule has 1 aliphatic heterocycles. The van der Waals surface area contributed by atoms with Gasteiger partial charge in [-0.05, 0) is 69.1 Å². The number of carbonyl (C=O) groups excluding carboxylic acids is 3. The molecule has 0 radical (unpaired) electrons. The number of imide groups is 1. The van der Waals surface area contributed by atoms with Crippen LogP contribution in [0, 0.1) is 5.82 Å². The third-order valence-electron chi connectivity index (χ3n) is 4.02. The summed E-state index contributed by atoms with van der Waals surface area (Å²) in [6.07, 6.45) is 4.39. The van der Waals surface area contributed by atoms with Gasteiger partial charge in [0.15, 0.2) is 0 Å². The van der Waals surface area contributed by atoms with Crippen LogP contribution in [0.2, 0.25) is 0 Å². The molecule has 1 saturated heterocycles. The number of unbranched alkanes of at least 4 members (excludes halogenated alkanes) is 3. The van der Waals surface area contributed by atoms with Crippen molar-refractivity contribution >= 4 is 35.1 Å². The number of carbonyl (C=O) groups is 3. The molecule has 0 bridgehead atoms. The minimum Gasteiger partial charge on any atom is -0.444 e. The highest BCUT2D eigenvalue weighted by atomic mass is 32.2. The fourth-order valence-electron chi connectivity index (χ4n) is 2.66. The van der Waals surface area contributed by atoms with Gasteiger partial charge in [-0.15, -0.1) is 0 Å². The van der Waals surface area contributed by atoms with Crippen LogP contribution in [-0.4, -0.2) is 40.8 Å². The normalized spacial score (nSPS) is 15.9. The van der Waals surface area contributed by atoms with Crippen molar-refractivity contribution < 1.29 is 23.5 Å². The van der Waals surface area contributed by atoms with Crippen LogP contribution in [0.15, 0.2) is 29.2 Å². The summed E-state index contributed by atoms with van der Waals surface area (Å²) in [5.41, 5.74) is 0.162. The van der Waals surface area contributed by atoms with E-state index >= 15 is 0 Å². The number of amides is 3. The molecule has 0 aliphatic carbocycles. The van der Waals surface area contributed by atoms with Gasteiger partial charge in [0.25, 0.3) is 11.1 Å². The first-order valence-corrected chi connectivity index (χ1v) is 10.5. The quantitative estimate of drug-likeness (QED) is 0.474. The van der Waals surface area contributed by atoms with E-state index in [0.717, 1.165) is 31.0 Å². The molecule has 6 nitrogen and oxygen atoms in total. The maximum atomic E-state index is 13.0. The maximum Gasteiger partial charge on any atom is 0.407 e. The van der Waals surface area contributed by atoms with Crippen LogP contribution < -0.4 is 5.32 Å². The van der Waals surface area contributed by atoms with Crippen molar-refractivity contribution in [1.82, 2.24) is 10.2 Å². The molecule has 0 saturated carbocycles. The van der Waals surface area contributed by atoms with Gasteiger partial charge in [0.1, 0.15) is 11.4 Å². The maximum absolute atomic E-state index is 13.0. The summed E-state index contributed by atoms with van der Waals surface area (Å²) in [6.45, 7) is 6.33. The largest absolute Gasteiger partial charge is 0.444 e. The lowest BCUT2D eigenvalue weighted by Gasteiger charge is -2.19. The fraction of sp³-hybridized carbons (Fsp3) is 0.476. The smallest absolute Gasteiger partial charge is 0.407 e. The first-order valence-electron chi connectivity index (χ1n) is 9.63. The molecule has 0 spiro atoms. The number of nitrogens with zero attached hydrogens (tertiary/aromatic N) is 1. The van der Waals surface area contributed by atoms with Crippen molar-refractivity contribution in [3.63, 3.8) is 0 Å². The van der Waals surface area contributed by atoms with Crippen molar-refractivity contribution in [2.75, 3.05) is 13.1 Å². The van der Waals surface area contributed by atoms with Crippen molar-refractivity contribution in [2.24, 2.45) is 0 Å². The second kappa shape index (κ2) is 10.4. The van der Waals surface area contributed by atoms with E-state index in [9.17, 15) is 18.8 Å². The van der Waals surface area contributed by atoms with Crippen LogP contribution >= 0.6 is 11.8 Å². The Bertz CT molecular complexity index is 772. The highest BCUT2D eigenvalue weighted by Crippen LogP contribution is 2.32. The number of hydrogen-bond acceptors (Lipinski definition) is 5. The van der Waals surface area contributed by atoms with E-state index in [1.807, 2.05) is 20.8 Å². The number of benzene rings is 1. The number of hydrogen-bond donors (Lipinski definition) is 1. The number of alkyl carbamates (subject to hydrolysis) is 1. The zero-order valence-electron chi connectivity index (χ0n) is 17.0. The van der Waals surface area contributed by atoms with E-state index in [1.165, 1.54) is 17.0 Å². The van der Waals surface area contributed by atoms with Gasteiger partial charge in [-0.1, -0.05) is 25.0 Å². The van der Waals surface area contributed by atoms with E-state index in [2.05, 4.69) is 5.32 Å². The van der Waals surface area contributed by atoms with Gasteiger partial charge in [0, 0.05) is 13.1 Å². The number of thioether (sulfide) groups is 1. The Morgan fingerprint density at radius 3 is 2.45 bits per heavy atom. The first-order chi connectivity index (χ1) is 13.7. The molecule has 158 valence electrons. The predicted octanol–water partition coefficient (Wildman–Crippen LogP) is 4.95. The van der Waals surface area contributed by atoms with E-state index in [1.54, 1.807) is 18.2 Å². The lowest BCUT2D eigenvalue weighted by molar-refractivity contribution is -0.122. The zero-order chi connectivity index (χ0) is 21.4. The second-order valence-electron chi connectivity index (χ2n) is 7.73. The summed E-state index contributed by atoms with van der Waals surface area (Å²) in [7, 11) is 0. The Balaban J connectivity index is 1.68. The highest BCUT2D eigenvalue weighted by molar-refractivity contribution is 8.18. The Morgan fingerprint density at radius 1 is 1.14 bits per heavy atom. The summed E-state index contributed by atoms with van der Waals surface area (Å²) in [4.78, 5) is 37.7. The van der Waals surface area contributed by atoms with Gasteiger partial charge in [-0.2, -0.15) is 0 Å². The van der Waals surface area contributed by atoms with Gasteiger partial charge in [-0.3, -0.25) is 14.5 Å². The zero-order valence-corrected chi connectivity index (χ0v) is 17.8. The van der Waals surface area contributed by atoms with Crippen molar-refractivity contribution in [1.29, 1.82) is 0 Å². The molecule has 0 aromatic heterocycles. The monoisotopic (exact) mass is 422 g/mol. The van der Waals surface area contributed by atoms with Crippen molar-refractivity contribution in [2.45, 2.75) is 52.1 Å². The lowest BCUT2D eigenvalue weighted by Crippen LogP contribution is -2.33. The minimum atomic E-state index is -0.513. The highest BCUT2D eigenvalue weighted by Gasteiger charge is 2.34. The standard InChI is InChI=1S/C21H27FN2O4S/c1-21(2,3)28-19(26)23-12-6-4-5-7-13-24-18(25)17(29-20(24)27)14-15-8-10-16(22)11-9-15/h8-11,14H,4-7,12-13H2,1-3H3,(H,23,26). The van der Waals surface area contributed by atoms with E-state index < -0.39 is 11.7 Å².